The van der Waals surface area contributed by atoms with Gasteiger partial charge in [-0.3, -0.25) is 19.8 Å². The molecule has 3 aromatic rings. The second-order valence-electron chi connectivity index (χ2n) is 7.63. The van der Waals surface area contributed by atoms with Crippen molar-refractivity contribution in [1.82, 2.24) is 4.90 Å². The lowest BCUT2D eigenvalue weighted by Crippen LogP contribution is -2.29. The summed E-state index contributed by atoms with van der Waals surface area (Å²) in [5.74, 6) is -0.856. The molecule has 34 heavy (non-hydrogen) atoms. The summed E-state index contributed by atoms with van der Waals surface area (Å²) in [6.45, 7) is 4.29. The Morgan fingerprint density at radius 3 is 2.71 bits per heavy atom. The van der Waals surface area contributed by atoms with Gasteiger partial charge in [-0.2, -0.15) is 0 Å². The van der Waals surface area contributed by atoms with Crippen molar-refractivity contribution in [3.8, 4) is 0 Å². The second kappa shape index (κ2) is 10.7. The predicted octanol–water partition coefficient (Wildman–Crippen LogP) is 5.10. The smallest absolute Gasteiger partial charge is 0.341 e. The highest BCUT2D eigenvalue weighted by Crippen LogP contribution is 2.38. The van der Waals surface area contributed by atoms with Gasteiger partial charge in [-0.25, -0.2) is 4.79 Å². The van der Waals surface area contributed by atoms with E-state index in [1.807, 2.05) is 18.2 Å². The molecule has 2 aromatic heterocycles. The van der Waals surface area contributed by atoms with Crippen molar-refractivity contribution in [2.75, 3.05) is 18.5 Å². The number of ether oxygens (including phenoxy) is 1. The van der Waals surface area contributed by atoms with Crippen molar-refractivity contribution in [3.63, 3.8) is 0 Å². The topological polar surface area (TPSA) is 102 Å². The quantitative estimate of drug-likeness (QED) is 0.201. The second-order valence-corrected chi connectivity index (χ2v) is 9.83. The number of benzene rings is 1. The zero-order chi connectivity index (χ0) is 24.1. The Balaban J connectivity index is 1.52. The number of anilines is 1. The Morgan fingerprint density at radius 2 is 2.00 bits per heavy atom. The monoisotopic (exact) mass is 497 g/mol. The first-order valence-electron chi connectivity index (χ1n) is 10.8. The standard InChI is InChI=1S/C24H23N3O5S2/c1-2-32-24(29)22-18-12-13-26(14-16-6-4-3-5-7-16)15-19(18)34-23(22)25-20(28)10-8-17-9-11-21(33-17)27(30)31/h3-11H,2,12-15H2,1H3,(H,25,28)/b10-8+. The Morgan fingerprint density at radius 1 is 1.21 bits per heavy atom. The lowest BCUT2D eigenvalue weighted by molar-refractivity contribution is -0.380. The van der Waals surface area contributed by atoms with Gasteiger partial charge in [0, 0.05) is 41.5 Å². The molecule has 0 atom stereocenters. The van der Waals surface area contributed by atoms with E-state index in [2.05, 4.69) is 22.3 Å². The van der Waals surface area contributed by atoms with Crippen LogP contribution < -0.4 is 5.32 Å². The van der Waals surface area contributed by atoms with Gasteiger partial charge in [0.05, 0.1) is 17.1 Å². The number of thiophene rings is 2. The highest BCUT2D eigenvalue weighted by atomic mass is 32.1. The summed E-state index contributed by atoms with van der Waals surface area (Å²) in [6, 6.07) is 13.2. The number of carbonyl (C=O) groups excluding carboxylic acids is 2. The zero-order valence-corrected chi connectivity index (χ0v) is 20.1. The predicted molar refractivity (Wildman–Crippen MR) is 133 cm³/mol. The average Bonchev–Trinajstić information content (AvgIpc) is 3.43. The first-order valence-corrected chi connectivity index (χ1v) is 12.4. The molecule has 3 heterocycles. The first-order chi connectivity index (χ1) is 16.4. The summed E-state index contributed by atoms with van der Waals surface area (Å²) in [5.41, 5.74) is 2.58. The summed E-state index contributed by atoms with van der Waals surface area (Å²) in [5, 5.41) is 14.1. The van der Waals surface area contributed by atoms with Crippen molar-refractivity contribution in [2.45, 2.75) is 26.4 Å². The van der Waals surface area contributed by atoms with E-state index in [0.29, 0.717) is 28.4 Å². The van der Waals surface area contributed by atoms with Gasteiger partial charge in [0.15, 0.2) is 0 Å². The zero-order valence-electron chi connectivity index (χ0n) is 18.5. The van der Waals surface area contributed by atoms with E-state index in [0.717, 1.165) is 34.9 Å². The van der Waals surface area contributed by atoms with Crippen molar-refractivity contribution >= 4 is 50.6 Å². The number of amides is 1. The van der Waals surface area contributed by atoms with Crippen LogP contribution >= 0.6 is 22.7 Å². The van der Waals surface area contributed by atoms with Gasteiger partial charge in [-0.1, -0.05) is 41.7 Å². The van der Waals surface area contributed by atoms with E-state index >= 15 is 0 Å². The molecule has 10 heteroatoms. The SMILES string of the molecule is CCOC(=O)c1c(NC(=O)/C=C/c2ccc([N+](=O)[O-])s2)sc2c1CCN(Cc1ccccc1)C2. The lowest BCUT2D eigenvalue weighted by Gasteiger charge is -2.27. The Bertz CT molecular complexity index is 1230. The third kappa shape index (κ3) is 5.58. The molecule has 4 rings (SSSR count). The molecule has 0 aliphatic carbocycles. The summed E-state index contributed by atoms with van der Waals surface area (Å²) in [6.07, 6.45) is 3.52. The Kier molecular flexibility index (Phi) is 7.51. The molecule has 1 aliphatic heterocycles. The number of hydrogen-bond donors (Lipinski definition) is 1. The molecule has 1 aliphatic rings. The largest absolute Gasteiger partial charge is 0.462 e. The van der Waals surface area contributed by atoms with Crippen LogP contribution in [0.25, 0.3) is 6.08 Å². The van der Waals surface area contributed by atoms with Gasteiger partial charge in [0.1, 0.15) is 5.00 Å². The van der Waals surface area contributed by atoms with Gasteiger partial charge in [-0.15, -0.1) is 11.3 Å². The number of fused-ring (bicyclic) bond motifs is 1. The van der Waals surface area contributed by atoms with Gasteiger partial charge in [0.25, 0.3) is 0 Å². The maximum absolute atomic E-state index is 12.7. The molecule has 0 spiro atoms. The molecule has 0 fully saturated rings. The molecule has 8 nitrogen and oxygen atoms in total. The van der Waals surface area contributed by atoms with Gasteiger partial charge in [0.2, 0.25) is 5.91 Å². The number of nitro groups is 1. The molecule has 0 saturated heterocycles. The summed E-state index contributed by atoms with van der Waals surface area (Å²) >= 11 is 2.38. The van der Waals surface area contributed by atoms with Crippen molar-refractivity contribution in [1.29, 1.82) is 0 Å². The van der Waals surface area contributed by atoms with Crippen molar-refractivity contribution in [3.05, 3.63) is 85.1 Å². The van der Waals surface area contributed by atoms with E-state index in [-0.39, 0.29) is 11.6 Å². The number of rotatable bonds is 8. The van der Waals surface area contributed by atoms with Crippen LogP contribution in [-0.4, -0.2) is 34.9 Å². The molecular formula is C24H23N3O5S2. The van der Waals surface area contributed by atoms with E-state index < -0.39 is 16.8 Å². The number of hydrogen-bond acceptors (Lipinski definition) is 8. The third-order valence-corrected chi connectivity index (χ3v) is 7.43. The fourth-order valence-electron chi connectivity index (χ4n) is 3.78. The van der Waals surface area contributed by atoms with Crippen molar-refractivity contribution in [2.24, 2.45) is 0 Å². The van der Waals surface area contributed by atoms with Crippen LogP contribution in [0.15, 0.2) is 48.5 Å². The van der Waals surface area contributed by atoms with Crippen LogP contribution in [0.1, 0.15) is 38.2 Å². The van der Waals surface area contributed by atoms with Crippen LogP contribution in [0.5, 0.6) is 0 Å². The fourth-order valence-corrected chi connectivity index (χ4v) is 5.79. The average molecular weight is 498 g/mol. The van der Waals surface area contributed by atoms with Crippen LogP contribution in [0.3, 0.4) is 0 Å². The number of carbonyl (C=O) groups is 2. The van der Waals surface area contributed by atoms with E-state index in [9.17, 15) is 19.7 Å². The molecule has 1 N–H and O–H groups in total. The number of nitrogens with zero attached hydrogens (tertiary/aromatic N) is 2. The van der Waals surface area contributed by atoms with Crippen LogP contribution in [0.4, 0.5) is 10.0 Å². The molecule has 0 bridgehead atoms. The third-order valence-electron chi connectivity index (χ3n) is 5.29. The first kappa shape index (κ1) is 23.8. The number of nitrogens with one attached hydrogen (secondary N) is 1. The normalized spacial score (nSPS) is 13.6. The Labute approximate surface area is 204 Å². The van der Waals surface area contributed by atoms with Gasteiger partial charge >= 0.3 is 11.0 Å². The van der Waals surface area contributed by atoms with Gasteiger partial charge < -0.3 is 10.1 Å². The molecular weight excluding hydrogens is 474 g/mol. The highest BCUT2D eigenvalue weighted by molar-refractivity contribution is 7.17. The van der Waals surface area contributed by atoms with E-state index in [1.54, 1.807) is 13.0 Å². The maximum Gasteiger partial charge on any atom is 0.341 e. The molecule has 0 unspecified atom stereocenters. The molecule has 1 aromatic carbocycles. The summed E-state index contributed by atoms with van der Waals surface area (Å²) < 4.78 is 5.27. The lowest BCUT2D eigenvalue weighted by atomic mass is 10.0. The van der Waals surface area contributed by atoms with E-state index in [1.165, 1.54) is 35.1 Å². The maximum atomic E-state index is 12.7. The Hall–Kier alpha value is -3.34. The van der Waals surface area contributed by atoms with Crippen molar-refractivity contribution < 1.29 is 19.2 Å². The number of esters is 1. The van der Waals surface area contributed by atoms with Gasteiger partial charge in [-0.05, 0) is 36.6 Å². The minimum absolute atomic E-state index is 0.00986. The molecule has 0 radical (unpaired) electrons. The van der Waals surface area contributed by atoms with Crippen LogP contribution in [-0.2, 0) is 29.0 Å². The molecule has 176 valence electrons. The van der Waals surface area contributed by atoms with Crippen LogP contribution in [0, 0.1) is 10.1 Å². The minimum atomic E-state index is -0.467. The summed E-state index contributed by atoms with van der Waals surface area (Å²) in [7, 11) is 0. The minimum Gasteiger partial charge on any atom is -0.462 e. The highest BCUT2D eigenvalue weighted by Gasteiger charge is 2.29. The van der Waals surface area contributed by atoms with Crippen LogP contribution in [0.2, 0.25) is 0 Å². The fraction of sp³-hybridized carbons (Fsp3) is 0.250. The molecule has 1 amide bonds. The molecule has 0 saturated carbocycles. The summed E-state index contributed by atoms with van der Waals surface area (Å²) in [4.78, 5) is 39.7. The van der Waals surface area contributed by atoms with E-state index in [4.69, 9.17) is 4.74 Å².